The number of aryl methyl sites for hydroxylation is 1. The van der Waals surface area contributed by atoms with Crippen LogP contribution in [0.4, 0.5) is 0 Å². The number of carboxylic acid groups (broad SMARTS) is 1. The minimum Gasteiger partial charge on any atom is -0.477 e. The Bertz CT molecular complexity index is 580. The van der Waals surface area contributed by atoms with E-state index in [1.54, 1.807) is 17.1 Å². The van der Waals surface area contributed by atoms with Crippen molar-refractivity contribution in [2.24, 2.45) is 0 Å². The van der Waals surface area contributed by atoms with E-state index < -0.39 is 5.97 Å². The summed E-state index contributed by atoms with van der Waals surface area (Å²) < 4.78 is 1.68. The van der Waals surface area contributed by atoms with Crippen molar-refractivity contribution >= 4 is 11.9 Å². The van der Waals surface area contributed by atoms with Gasteiger partial charge in [-0.2, -0.15) is 0 Å². The zero-order valence-corrected chi connectivity index (χ0v) is 10.6. The molecule has 0 radical (unpaired) electrons. The molecule has 0 aliphatic rings. The molecule has 0 atom stereocenters. The molecule has 1 amide bonds. The van der Waals surface area contributed by atoms with E-state index in [1.165, 1.54) is 18.3 Å². The van der Waals surface area contributed by atoms with Crippen molar-refractivity contribution in [2.75, 3.05) is 6.54 Å². The van der Waals surface area contributed by atoms with Gasteiger partial charge in [-0.25, -0.2) is 9.78 Å². The molecular weight excluding hydrogens is 262 g/mol. The summed E-state index contributed by atoms with van der Waals surface area (Å²) >= 11 is 0. The number of aromatic carboxylic acids is 1. The van der Waals surface area contributed by atoms with Gasteiger partial charge in [0.1, 0.15) is 5.69 Å². The molecule has 0 aromatic carbocycles. The van der Waals surface area contributed by atoms with Crippen LogP contribution >= 0.6 is 0 Å². The largest absolute Gasteiger partial charge is 0.477 e. The third kappa shape index (κ3) is 3.61. The van der Waals surface area contributed by atoms with Crippen LogP contribution in [0.2, 0.25) is 0 Å². The average Bonchev–Trinajstić information content (AvgIpc) is 2.96. The van der Waals surface area contributed by atoms with Gasteiger partial charge in [-0.05, 0) is 18.6 Å². The first-order valence-electron chi connectivity index (χ1n) is 5.98. The van der Waals surface area contributed by atoms with Gasteiger partial charge >= 0.3 is 5.97 Å². The average molecular weight is 275 g/mol. The van der Waals surface area contributed by atoms with Crippen molar-refractivity contribution in [3.63, 3.8) is 0 Å². The predicted octanol–water partition coefficient (Wildman–Crippen LogP) is 0.191. The summed E-state index contributed by atoms with van der Waals surface area (Å²) in [4.78, 5) is 26.1. The quantitative estimate of drug-likeness (QED) is 0.728. The summed E-state index contributed by atoms with van der Waals surface area (Å²) in [6.45, 7) is 1.15. The highest BCUT2D eigenvalue weighted by Crippen LogP contribution is 2.00. The van der Waals surface area contributed by atoms with Crippen molar-refractivity contribution in [3.05, 3.63) is 42.0 Å². The Morgan fingerprint density at radius 1 is 1.35 bits per heavy atom. The number of pyridine rings is 1. The molecule has 8 heteroatoms. The van der Waals surface area contributed by atoms with Crippen LogP contribution in [0.5, 0.6) is 0 Å². The standard InChI is InChI=1S/C12H13N5O3/c18-11(9-2-3-10(12(19)20)14-8-9)13-4-1-6-17-7-5-15-16-17/h2-3,5,7-8H,1,4,6H2,(H,13,18)(H,19,20). The molecule has 0 saturated heterocycles. The molecule has 0 unspecified atom stereocenters. The van der Waals surface area contributed by atoms with Gasteiger partial charge in [0.25, 0.3) is 5.91 Å². The monoisotopic (exact) mass is 275 g/mol. The second-order valence-corrected chi connectivity index (χ2v) is 4.01. The SMILES string of the molecule is O=C(NCCCn1ccnn1)c1ccc(C(=O)O)nc1. The first-order chi connectivity index (χ1) is 9.66. The van der Waals surface area contributed by atoms with E-state index in [2.05, 4.69) is 20.6 Å². The third-order valence-corrected chi connectivity index (χ3v) is 2.57. The fourth-order valence-corrected chi connectivity index (χ4v) is 1.55. The van der Waals surface area contributed by atoms with E-state index in [9.17, 15) is 9.59 Å². The van der Waals surface area contributed by atoms with Crippen molar-refractivity contribution in [3.8, 4) is 0 Å². The Balaban J connectivity index is 1.78. The molecule has 0 bridgehead atoms. The number of nitrogens with zero attached hydrogens (tertiary/aromatic N) is 4. The third-order valence-electron chi connectivity index (χ3n) is 2.57. The summed E-state index contributed by atoms with van der Waals surface area (Å²) in [5.41, 5.74) is 0.239. The molecular formula is C12H13N5O3. The van der Waals surface area contributed by atoms with Crippen molar-refractivity contribution in [1.82, 2.24) is 25.3 Å². The second kappa shape index (κ2) is 6.41. The van der Waals surface area contributed by atoms with Gasteiger partial charge in [-0.1, -0.05) is 5.21 Å². The van der Waals surface area contributed by atoms with Crippen LogP contribution in [0.25, 0.3) is 0 Å². The van der Waals surface area contributed by atoms with Crippen LogP contribution in [-0.4, -0.2) is 43.5 Å². The van der Waals surface area contributed by atoms with E-state index in [0.29, 0.717) is 18.7 Å². The Morgan fingerprint density at radius 2 is 2.20 bits per heavy atom. The molecule has 0 spiro atoms. The topological polar surface area (TPSA) is 110 Å². The first kappa shape index (κ1) is 13.7. The number of carboxylic acids is 1. The number of carbonyl (C=O) groups excluding carboxylic acids is 1. The number of hydrogen-bond donors (Lipinski definition) is 2. The highest BCUT2D eigenvalue weighted by Gasteiger charge is 2.08. The van der Waals surface area contributed by atoms with E-state index in [4.69, 9.17) is 5.11 Å². The van der Waals surface area contributed by atoms with Gasteiger partial charge in [0.15, 0.2) is 0 Å². The summed E-state index contributed by atoms with van der Waals surface area (Å²) in [5, 5.41) is 18.9. The van der Waals surface area contributed by atoms with Gasteiger partial charge in [0.2, 0.25) is 0 Å². The predicted molar refractivity (Wildman–Crippen MR) is 68.2 cm³/mol. The molecule has 104 valence electrons. The maximum atomic E-state index is 11.8. The lowest BCUT2D eigenvalue weighted by Crippen LogP contribution is -2.25. The molecule has 0 aliphatic carbocycles. The van der Waals surface area contributed by atoms with Gasteiger partial charge in [0.05, 0.1) is 11.8 Å². The van der Waals surface area contributed by atoms with Crippen LogP contribution in [-0.2, 0) is 6.54 Å². The molecule has 2 heterocycles. The minimum atomic E-state index is -1.12. The number of nitrogens with one attached hydrogen (secondary N) is 1. The second-order valence-electron chi connectivity index (χ2n) is 4.01. The lowest BCUT2D eigenvalue weighted by atomic mass is 10.2. The summed E-state index contributed by atoms with van der Waals surface area (Å²) in [6, 6.07) is 2.73. The zero-order chi connectivity index (χ0) is 14.4. The van der Waals surface area contributed by atoms with Gasteiger partial charge < -0.3 is 10.4 Å². The fraction of sp³-hybridized carbons (Fsp3) is 0.250. The van der Waals surface area contributed by atoms with Crippen molar-refractivity contribution in [1.29, 1.82) is 0 Å². The maximum absolute atomic E-state index is 11.8. The molecule has 2 aromatic heterocycles. The number of aromatic nitrogens is 4. The van der Waals surface area contributed by atoms with Gasteiger partial charge in [0, 0.05) is 25.5 Å². The van der Waals surface area contributed by atoms with E-state index in [0.717, 1.165) is 6.42 Å². The number of carbonyl (C=O) groups is 2. The van der Waals surface area contributed by atoms with E-state index in [-0.39, 0.29) is 11.6 Å². The molecule has 20 heavy (non-hydrogen) atoms. The first-order valence-corrected chi connectivity index (χ1v) is 5.98. The lowest BCUT2D eigenvalue weighted by Gasteiger charge is -2.05. The Labute approximate surface area is 114 Å². The van der Waals surface area contributed by atoms with Crippen LogP contribution < -0.4 is 5.32 Å². The summed E-state index contributed by atoms with van der Waals surface area (Å²) in [5.74, 6) is -1.40. The Morgan fingerprint density at radius 3 is 2.80 bits per heavy atom. The van der Waals surface area contributed by atoms with Gasteiger partial charge in [-0.3, -0.25) is 9.48 Å². The smallest absolute Gasteiger partial charge is 0.354 e. The molecule has 2 N–H and O–H groups in total. The Kier molecular flexibility index (Phi) is 4.38. The number of hydrogen-bond acceptors (Lipinski definition) is 5. The van der Waals surface area contributed by atoms with E-state index >= 15 is 0 Å². The lowest BCUT2D eigenvalue weighted by molar-refractivity contribution is 0.0689. The fourth-order valence-electron chi connectivity index (χ4n) is 1.55. The highest BCUT2D eigenvalue weighted by molar-refractivity contribution is 5.94. The van der Waals surface area contributed by atoms with Crippen LogP contribution in [0.1, 0.15) is 27.3 Å². The minimum absolute atomic E-state index is 0.0901. The molecule has 2 aromatic rings. The molecule has 0 saturated carbocycles. The highest BCUT2D eigenvalue weighted by atomic mass is 16.4. The van der Waals surface area contributed by atoms with Crippen molar-refractivity contribution in [2.45, 2.75) is 13.0 Å². The van der Waals surface area contributed by atoms with Crippen LogP contribution in [0.3, 0.4) is 0 Å². The van der Waals surface area contributed by atoms with Crippen LogP contribution in [0, 0.1) is 0 Å². The molecule has 2 rings (SSSR count). The number of rotatable bonds is 6. The normalized spacial score (nSPS) is 10.2. The molecule has 0 aliphatic heterocycles. The summed E-state index contributed by atoms with van der Waals surface area (Å²) in [7, 11) is 0. The van der Waals surface area contributed by atoms with E-state index in [1.807, 2.05) is 0 Å². The summed E-state index contributed by atoms with van der Waals surface area (Å²) in [6.07, 6.45) is 5.30. The zero-order valence-electron chi connectivity index (χ0n) is 10.6. The van der Waals surface area contributed by atoms with Crippen LogP contribution in [0.15, 0.2) is 30.7 Å². The number of amides is 1. The Hall–Kier alpha value is -2.77. The molecule has 8 nitrogen and oxygen atoms in total. The van der Waals surface area contributed by atoms with Crippen molar-refractivity contribution < 1.29 is 14.7 Å². The maximum Gasteiger partial charge on any atom is 0.354 e. The van der Waals surface area contributed by atoms with Gasteiger partial charge in [-0.15, -0.1) is 5.10 Å². The molecule has 0 fully saturated rings.